The number of hydrogen-bond donors (Lipinski definition) is 1. The fourth-order valence-electron chi connectivity index (χ4n) is 2.36. The first-order valence-corrected chi connectivity index (χ1v) is 8.27. The first-order chi connectivity index (χ1) is 11.6. The van der Waals surface area contributed by atoms with Gasteiger partial charge in [-0.2, -0.15) is 0 Å². The monoisotopic (exact) mass is 339 g/mol. The van der Waals surface area contributed by atoms with Crippen molar-refractivity contribution in [1.29, 1.82) is 0 Å². The molecular weight excluding hydrogens is 322 g/mol. The zero-order chi connectivity index (χ0) is 17.0. The maximum atomic E-state index is 12.7. The van der Waals surface area contributed by atoms with Crippen molar-refractivity contribution in [1.82, 2.24) is 9.59 Å². The van der Waals surface area contributed by atoms with Crippen LogP contribution in [0.15, 0.2) is 60.0 Å². The van der Waals surface area contributed by atoms with Crippen LogP contribution in [0.1, 0.15) is 12.5 Å². The molecule has 2 aromatic carbocycles. The lowest BCUT2D eigenvalue weighted by atomic mass is 9.94. The third-order valence-corrected chi connectivity index (χ3v) is 4.47. The maximum absolute atomic E-state index is 12.7. The Morgan fingerprint density at radius 3 is 2.42 bits per heavy atom. The molecule has 0 radical (unpaired) electrons. The van der Waals surface area contributed by atoms with Gasteiger partial charge < -0.3 is 10.1 Å². The number of carbonyl (C=O) groups is 1. The first-order valence-electron chi connectivity index (χ1n) is 7.43. The Bertz CT molecular complexity index is 804. The summed E-state index contributed by atoms with van der Waals surface area (Å²) in [6.07, 6.45) is 0. The summed E-state index contributed by atoms with van der Waals surface area (Å²) in [5.41, 5.74) is 2.23. The van der Waals surface area contributed by atoms with Gasteiger partial charge in [0, 0.05) is 23.7 Å². The van der Waals surface area contributed by atoms with Crippen LogP contribution in [0, 0.1) is 0 Å². The van der Waals surface area contributed by atoms with Crippen LogP contribution < -0.4 is 5.32 Å². The smallest absolute Gasteiger partial charge is 0.260 e. The second-order valence-corrected chi connectivity index (χ2v) is 6.03. The average molecular weight is 339 g/mol. The molecule has 1 atom stereocenters. The van der Waals surface area contributed by atoms with Crippen LogP contribution in [0.3, 0.4) is 0 Å². The summed E-state index contributed by atoms with van der Waals surface area (Å²) < 4.78 is 9.36. The van der Waals surface area contributed by atoms with Gasteiger partial charge in [0.2, 0.25) is 0 Å². The molecule has 1 aromatic heterocycles. The normalized spacial score (nSPS) is 13.2. The molecule has 0 aliphatic heterocycles. The van der Waals surface area contributed by atoms with Crippen molar-refractivity contribution < 1.29 is 9.53 Å². The van der Waals surface area contributed by atoms with E-state index in [1.165, 1.54) is 18.6 Å². The summed E-state index contributed by atoms with van der Waals surface area (Å²) in [5, 5.41) is 8.82. The summed E-state index contributed by atoms with van der Waals surface area (Å²) >= 11 is 1.31. The quantitative estimate of drug-likeness (QED) is 0.770. The molecule has 0 fully saturated rings. The van der Waals surface area contributed by atoms with Crippen LogP contribution in [0.2, 0.25) is 0 Å². The van der Waals surface area contributed by atoms with Crippen LogP contribution >= 0.6 is 11.5 Å². The molecule has 3 aromatic rings. The Labute approximate surface area is 144 Å². The number of aromatic nitrogens is 2. The summed E-state index contributed by atoms with van der Waals surface area (Å²) in [5.74, 6) is -0.223. The first kappa shape index (κ1) is 16.3. The molecule has 1 amide bonds. The number of ether oxygens (including phenoxy) is 1. The van der Waals surface area contributed by atoms with Crippen molar-refractivity contribution in [3.05, 3.63) is 65.5 Å². The molecule has 0 unspecified atom stereocenters. The van der Waals surface area contributed by atoms with Crippen LogP contribution in [0.5, 0.6) is 0 Å². The predicted octanol–water partition coefficient (Wildman–Crippen LogP) is 3.71. The van der Waals surface area contributed by atoms with E-state index in [4.69, 9.17) is 4.74 Å². The Kier molecular flexibility index (Phi) is 4.69. The van der Waals surface area contributed by atoms with E-state index in [-0.39, 0.29) is 5.91 Å². The predicted molar refractivity (Wildman–Crippen MR) is 94.8 cm³/mol. The molecule has 1 heterocycles. The Balaban J connectivity index is 1.78. The Morgan fingerprint density at radius 1 is 1.12 bits per heavy atom. The molecule has 0 spiro atoms. The van der Waals surface area contributed by atoms with Gasteiger partial charge in [0.25, 0.3) is 5.91 Å². The second kappa shape index (κ2) is 6.90. The number of carbonyl (C=O) groups excluding carboxylic acids is 1. The molecule has 122 valence electrons. The van der Waals surface area contributed by atoms with Gasteiger partial charge in [-0.15, -0.1) is 5.10 Å². The average Bonchev–Trinajstić information content (AvgIpc) is 3.17. The SMILES string of the molecule is CO[C@](C)(C(=O)Nc1ccc(-c2csnn2)cc1)c1ccccc1. The van der Waals surface area contributed by atoms with Crippen molar-refractivity contribution in [3.8, 4) is 11.3 Å². The van der Waals surface area contributed by atoms with E-state index in [1.54, 1.807) is 6.92 Å². The van der Waals surface area contributed by atoms with Crippen molar-refractivity contribution in [2.45, 2.75) is 12.5 Å². The van der Waals surface area contributed by atoms with Crippen LogP contribution in [0.4, 0.5) is 5.69 Å². The van der Waals surface area contributed by atoms with Gasteiger partial charge in [0.05, 0.1) is 0 Å². The fraction of sp³-hybridized carbons (Fsp3) is 0.167. The lowest BCUT2D eigenvalue weighted by Gasteiger charge is -2.27. The highest BCUT2D eigenvalue weighted by Crippen LogP contribution is 2.27. The van der Waals surface area contributed by atoms with Crippen LogP contribution in [-0.4, -0.2) is 22.6 Å². The minimum Gasteiger partial charge on any atom is -0.364 e. The number of amides is 1. The number of rotatable bonds is 5. The minimum atomic E-state index is -1.06. The zero-order valence-electron chi connectivity index (χ0n) is 13.4. The molecule has 0 saturated carbocycles. The van der Waals surface area contributed by atoms with E-state index in [9.17, 15) is 4.79 Å². The largest absolute Gasteiger partial charge is 0.364 e. The zero-order valence-corrected chi connectivity index (χ0v) is 14.2. The van der Waals surface area contributed by atoms with Crippen molar-refractivity contribution in [2.75, 3.05) is 12.4 Å². The molecule has 0 saturated heterocycles. The standard InChI is InChI=1S/C18H17N3O2S/c1-18(23-2,14-6-4-3-5-7-14)17(22)19-15-10-8-13(9-11-15)16-12-24-21-20-16/h3-12H,1-2H3,(H,19,22)/t18-/m0/s1. The number of hydrogen-bond acceptors (Lipinski definition) is 5. The maximum Gasteiger partial charge on any atom is 0.260 e. The van der Waals surface area contributed by atoms with Gasteiger partial charge in [0.15, 0.2) is 5.60 Å². The molecular formula is C18H17N3O2S. The molecule has 0 aliphatic rings. The lowest BCUT2D eigenvalue weighted by molar-refractivity contribution is -0.136. The van der Waals surface area contributed by atoms with Crippen molar-refractivity contribution in [2.24, 2.45) is 0 Å². The third-order valence-electron chi connectivity index (χ3n) is 3.96. The molecule has 3 rings (SSSR count). The highest BCUT2D eigenvalue weighted by molar-refractivity contribution is 7.03. The van der Waals surface area contributed by atoms with Crippen LogP contribution in [0.25, 0.3) is 11.3 Å². The highest BCUT2D eigenvalue weighted by atomic mass is 32.1. The topological polar surface area (TPSA) is 64.1 Å². The Hall–Kier alpha value is -2.57. The van der Waals surface area contributed by atoms with Gasteiger partial charge in [-0.25, -0.2) is 0 Å². The molecule has 5 nitrogen and oxygen atoms in total. The molecule has 6 heteroatoms. The number of nitrogens with one attached hydrogen (secondary N) is 1. The molecule has 24 heavy (non-hydrogen) atoms. The van der Waals surface area contributed by atoms with Crippen molar-refractivity contribution in [3.63, 3.8) is 0 Å². The van der Waals surface area contributed by atoms with Gasteiger partial charge in [-0.05, 0) is 36.2 Å². The fourth-order valence-corrected chi connectivity index (χ4v) is 2.83. The van der Waals surface area contributed by atoms with E-state index in [1.807, 2.05) is 60.0 Å². The summed E-state index contributed by atoms with van der Waals surface area (Å²) in [6.45, 7) is 1.76. The lowest BCUT2D eigenvalue weighted by Crippen LogP contribution is -2.39. The summed E-state index contributed by atoms with van der Waals surface area (Å²) in [7, 11) is 1.53. The van der Waals surface area contributed by atoms with Crippen LogP contribution in [-0.2, 0) is 15.1 Å². The molecule has 0 bridgehead atoms. The van der Waals surface area contributed by atoms with Crippen molar-refractivity contribution >= 4 is 23.1 Å². The van der Waals surface area contributed by atoms with Gasteiger partial charge in [-0.1, -0.05) is 47.0 Å². The van der Waals surface area contributed by atoms with Gasteiger partial charge in [0.1, 0.15) is 5.69 Å². The molecule has 0 aliphatic carbocycles. The number of benzene rings is 2. The van der Waals surface area contributed by atoms with E-state index in [0.717, 1.165) is 16.8 Å². The third kappa shape index (κ3) is 3.20. The molecule has 1 N–H and O–H groups in total. The van der Waals surface area contributed by atoms with Gasteiger partial charge in [-0.3, -0.25) is 4.79 Å². The van der Waals surface area contributed by atoms with Gasteiger partial charge >= 0.3 is 0 Å². The minimum absolute atomic E-state index is 0.223. The van der Waals surface area contributed by atoms with E-state index < -0.39 is 5.60 Å². The Morgan fingerprint density at radius 2 is 1.83 bits per heavy atom. The van der Waals surface area contributed by atoms with E-state index in [0.29, 0.717) is 5.69 Å². The number of nitrogens with zero attached hydrogens (tertiary/aromatic N) is 2. The number of methoxy groups -OCH3 is 1. The van der Waals surface area contributed by atoms with E-state index in [2.05, 4.69) is 14.9 Å². The summed E-state index contributed by atoms with van der Waals surface area (Å²) in [4.78, 5) is 12.7. The summed E-state index contributed by atoms with van der Waals surface area (Å²) in [6, 6.07) is 16.9. The number of anilines is 1. The second-order valence-electron chi connectivity index (χ2n) is 5.43. The van der Waals surface area contributed by atoms with E-state index >= 15 is 0 Å². The highest BCUT2D eigenvalue weighted by Gasteiger charge is 2.35.